The zero-order chi connectivity index (χ0) is 7.49. The second-order valence-electron chi connectivity index (χ2n) is 1.42. The Bertz CT molecular complexity index is 115. The molecule has 0 saturated carbocycles. The Morgan fingerprint density at radius 3 is 2.44 bits per heavy atom. The van der Waals surface area contributed by atoms with Crippen LogP contribution in [0.15, 0.2) is 0 Å². The first-order valence-corrected chi connectivity index (χ1v) is 2.94. The van der Waals surface area contributed by atoms with Crippen LogP contribution in [-0.4, -0.2) is 11.1 Å². The third-order valence-electron chi connectivity index (χ3n) is 0.813. The van der Waals surface area contributed by atoms with E-state index < -0.39 is 11.1 Å². The summed E-state index contributed by atoms with van der Waals surface area (Å²) in [5.41, 5.74) is 0. The van der Waals surface area contributed by atoms with E-state index in [2.05, 4.69) is 16.2 Å². The third kappa shape index (κ3) is 2.37. The second-order valence-corrected chi connectivity index (χ2v) is 2.18. The summed E-state index contributed by atoms with van der Waals surface area (Å²) < 4.78 is 16.0. The molecule has 0 spiro atoms. The van der Waals surface area contributed by atoms with Crippen LogP contribution in [0.25, 0.3) is 0 Å². The number of carbonyl (C=O) groups excluding carboxylic acids is 1. The van der Waals surface area contributed by atoms with Crippen LogP contribution in [0, 0.1) is 0 Å². The molecule has 9 heavy (non-hydrogen) atoms. The van der Waals surface area contributed by atoms with Gasteiger partial charge < -0.3 is 4.29 Å². The maximum Gasteiger partial charge on any atom is 0.377 e. The van der Waals surface area contributed by atoms with Crippen molar-refractivity contribution in [2.75, 3.05) is 0 Å². The number of hydrogen-bond acceptors (Lipinski definition) is 2. The lowest BCUT2D eigenvalue weighted by Crippen LogP contribution is -2.25. The van der Waals surface area contributed by atoms with Crippen LogP contribution < -0.4 is 0 Å². The molecule has 0 saturated heterocycles. The molecular weight excluding hydrogens is 170 g/mol. The van der Waals surface area contributed by atoms with Crippen LogP contribution in [-0.2, 0) is 9.08 Å². The maximum atomic E-state index is 12.4. The minimum Gasteiger partial charge on any atom is -0.343 e. The van der Waals surface area contributed by atoms with E-state index in [-0.39, 0.29) is 6.42 Å². The molecule has 0 bridgehead atoms. The quantitative estimate of drug-likeness (QED) is 0.600. The number of hydrogen-bond donors (Lipinski definition) is 0. The fraction of sp³-hybridized carbons (Fsp3) is 0.750. The predicted octanol–water partition coefficient (Wildman–Crippen LogP) is 2.00. The van der Waals surface area contributed by atoms with Gasteiger partial charge in [0.05, 0.1) is 0 Å². The molecule has 1 atom stereocenters. The average molecular weight is 175 g/mol. The summed E-state index contributed by atoms with van der Waals surface area (Å²) in [5.74, 6) is -1.27. The number of halogens is 3. The molecule has 0 aliphatic heterocycles. The molecular formula is C4H5Cl2FO2. The highest BCUT2D eigenvalue weighted by Gasteiger charge is 2.35. The van der Waals surface area contributed by atoms with Crippen molar-refractivity contribution in [2.24, 2.45) is 0 Å². The first kappa shape index (κ1) is 8.98. The Morgan fingerprint density at radius 2 is 2.33 bits per heavy atom. The Hall–Kier alpha value is -0.0200. The van der Waals surface area contributed by atoms with Crippen molar-refractivity contribution in [3.8, 4) is 0 Å². The molecule has 0 amide bonds. The number of alkyl halides is 2. The molecule has 0 radical (unpaired) electrons. The van der Waals surface area contributed by atoms with Crippen molar-refractivity contribution in [2.45, 2.75) is 18.5 Å². The van der Waals surface area contributed by atoms with Crippen molar-refractivity contribution in [1.82, 2.24) is 0 Å². The zero-order valence-corrected chi connectivity index (χ0v) is 6.17. The average Bonchev–Trinajstić information content (AvgIpc) is 1.86. The summed E-state index contributed by atoms with van der Waals surface area (Å²) in [6, 6.07) is 0. The Kier molecular flexibility index (Phi) is 3.22. The summed E-state index contributed by atoms with van der Waals surface area (Å²) in [6.45, 7) is 1.40. The Balaban J connectivity index is 3.97. The van der Waals surface area contributed by atoms with E-state index >= 15 is 0 Å². The third-order valence-corrected chi connectivity index (χ3v) is 1.37. The normalized spacial score (nSPS) is 16.4. The fourth-order valence-corrected chi connectivity index (χ4v) is 0.401. The molecule has 54 valence electrons. The predicted molar refractivity (Wildman–Crippen MR) is 31.9 cm³/mol. The van der Waals surface area contributed by atoms with E-state index in [1.807, 2.05) is 0 Å². The van der Waals surface area contributed by atoms with Crippen LogP contribution in [0.1, 0.15) is 13.3 Å². The van der Waals surface area contributed by atoms with E-state index in [4.69, 9.17) is 11.6 Å². The van der Waals surface area contributed by atoms with Crippen molar-refractivity contribution < 1.29 is 13.5 Å². The molecule has 0 N–H and O–H groups in total. The topological polar surface area (TPSA) is 26.3 Å². The van der Waals surface area contributed by atoms with Gasteiger partial charge in [0.2, 0.25) is 0 Å². The summed E-state index contributed by atoms with van der Waals surface area (Å²) in [4.78, 5) is 10.2. The van der Waals surface area contributed by atoms with Gasteiger partial charge in [-0.1, -0.05) is 18.5 Å². The van der Waals surface area contributed by atoms with E-state index in [0.29, 0.717) is 0 Å². The molecule has 0 aromatic heterocycles. The van der Waals surface area contributed by atoms with Gasteiger partial charge in [0.25, 0.3) is 5.13 Å². The van der Waals surface area contributed by atoms with Crippen LogP contribution in [0.3, 0.4) is 0 Å². The lowest BCUT2D eigenvalue weighted by Gasteiger charge is -2.08. The van der Waals surface area contributed by atoms with Gasteiger partial charge in [-0.25, -0.2) is 9.18 Å². The molecule has 0 aromatic rings. The monoisotopic (exact) mass is 174 g/mol. The Morgan fingerprint density at radius 1 is 1.89 bits per heavy atom. The first-order chi connectivity index (χ1) is 4.04. The van der Waals surface area contributed by atoms with Gasteiger partial charge in [-0.3, -0.25) is 0 Å². The van der Waals surface area contributed by atoms with Crippen LogP contribution in [0.5, 0.6) is 0 Å². The standard InChI is InChI=1S/C4H5Cl2FO2/c1-2-4(5,7)3(8)9-6/h2H2,1H3. The van der Waals surface area contributed by atoms with Gasteiger partial charge >= 0.3 is 5.97 Å². The van der Waals surface area contributed by atoms with Gasteiger partial charge in [-0.15, -0.1) is 0 Å². The van der Waals surface area contributed by atoms with Crippen LogP contribution >= 0.6 is 23.5 Å². The van der Waals surface area contributed by atoms with Gasteiger partial charge in [0.15, 0.2) is 0 Å². The summed E-state index contributed by atoms with van der Waals surface area (Å²) in [7, 11) is 0. The van der Waals surface area contributed by atoms with Crippen molar-refractivity contribution in [3.05, 3.63) is 0 Å². The minimum absolute atomic E-state index is 0.167. The number of rotatable bonds is 2. The van der Waals surface area contributed by atoms with E-state index in [1.54, 1.807) is 0 Å². The summed E-state index contributed by atoms with van der Waals surface area (Å²) >= 11 is 9.49. The molecule has 0 aliphatic rings. The molecule has 0 aliphatic carbocycles. The van der Waals surface area contributed by atoms with Gasteiger partial charge in [0.1, 0.15) is 11.9 Å². The number of carbonyl (C=O) groups is 1. The highest BCUT2D eigenvalue weighted by Crippen LogP contribution is 2.23. The minimum atomic E-state index is -2.47. The molecule has 0 rings (SSSR count). The Labute approximate surface area is 62.1 Å². The summed E-state index contributed by atoms with van der Waals surface area (Å²) in [6.07, 6.45) is -0.167. The molecule has 2 nitrogen and oxygen atoms in total. The lowest BCUT2D eigenvalue weighted by molar-refractivity contribution is -0.142. The van der Waals surface area contributed by atoms with E-state index in [1.165, 1.54) is 6.92 Å². The molecule has 0 heterocycles. The fourth-order valence-electron chi connectivity index (χ4n) is 0.201. The largest absolute Gasteiger partial charge is 0.377 e. The maximum absolute atomic E-state index is 12.4. The second kappa shape index (κ2) is 3.22. The van der Waals surface area contributed by atoms with E-state index in [0.717, 1.165) is 0 Å². The van der Waals surface area contributed by atoms with Crippen molar-refractivity contribution >= 4 is 29.4 Å². The van der Waals surface area contributed by atoms with Gasteiger partial charge in [-0.2, -0.15) is 0 Å². The lowest BCUT2D eigenvalue weighted by atomic mass is 10.3. The van der Waals surface area contributed by atoms with Crippen molar-refractivity contribution in [3.63, 3.8) is 0 Å². The van der Waals surface area contributed by atoms with Crippen molar-refractivity contribution in [1.29, 1.82) is 0 Å². The highest BCUT2D eigenvalue weighted by molar-refractivity contribution is 6.34. The zero-order valence-electron chi connectivity index (χ0n) is 4.66. The smallest absolute Gasteiger partial charge is 0.343 e. The molecule has 1 unspecified atom stereocenters. The van der Waals surface area contributed by atoms with Crippen LogP contribution in [0.4, 0.5) is 4.39 Å². The molecule has 5 heteroatoms. The first-order valence-electron chi connectivity index (χ1n) is 2.25. The van der Waals surface area contributed by atoms with Gasteiger partial charge in [-0.05, 0) is 0 Å². The SMILES string of the molecule is CCC(F)(Cl)C(=O)OCl. The van der Waals surface area contributed by atoms with E-state index in [9.17, 15) is 9.18 Å². The van der Waals surface area contributed by atoms with Gasteiger partial charge in [0, 0.05) is 6.42 Å². The highest BCUT2D eigenvalue weighted by atomic mass is 35.5. The molecule has 0 fully saturated rings. The van der Waals surface area contributed by atoms with Crippen LogP contribution in [0.2, 0.25) is 0 Å². The molecule has 0 aromatic carbocycles. The summed E-state index contributed by atoms with van der Waals surface area (Å²) in [5, 5.41) is -2.47.